The molecule has 0 aliphatic carbocycles. The van der Waals surface area contributed by atoms with E-state index in [1.165, 1.54) is 29.4 Å². The van der Waals surface area contributed by atoms with Gasteiger partial charge in [-0.25, -0.2) is 4.79 Å². The number of hydrogen-bond acceptors (Lipinski definition) is 4. The topological polar surface area (TPSA) is 66.8 Å². The highest BCUT2D eigenvalue weighted by Crippen LogP contribution is 2.21. The molecule has 1 aromatic rings. The molecule has 2 rings (SSSR count). The minimum absolute atomic E-state index is 0.208. The summed E-state index contributed by atoms with van der Waals surface area (Å²) in [5.74, 6) is -1.28. The number of aliphatic carboxylic acids is 1. The second-order valence-electron chi connectivity index (χ2n) is 4.29. The van der Waals surface area contributed by atoms with Gasteiger partial charge in [-0.2, -0.15) is 0 Å². The summed E-state index contributed by atoms with van der Waals surface area (Å²) in [5.41, 5.74) is 0. The zero-order chi connectivity index (χ0) is 13.8. The van der Waals surface area contributed by atoms with Crippen molar-refractivity contribution in [1.29, 1.82) is 0 Å². The molecule has 0 bridgehead atoms. The van der Waals surface area contributed by atoms with Crippen LogP contribution in [0.25, 0.3) is 6.08 Å². The lowest BCUT2D eigenvalue weighted by molar-refractivity contribution is -0.146. The Morgan fingerprint density at radius 2 is 2.37 bits per heavy atom. The molecule has 2 unspecified atom stereocenters. The Hall–Kier alpha value is -1.66. The maximum atomic E-state index is 12.0. The van der Waals surface area contributed by atoms with Gasteiger partial charge in [-0.05, 0) is 17.5 Å². The number of ether oxygens (including phenoxy) is 1. The summed E-state index contributed by atoms with van der Waals surface area (Å²) in [7, 11) is 1.53. The van der Waals surface area contributed by atoms with E-state index >= 15 is 0 Å². The summed E-state index contributed by atoms with van der Waals surface area (Å²) < 4.78 is 5.14. The number of carbonyl (C=O) groups is 2. The van der Waals surface area contributed by atoms with Gasteiger partial charge >= 0.3 is 5.97 Å². The molecular formula is C13H15NO4S. The van der Waals surface area contributed by atoms with Crippen LogP contribution in [0.3, 0.4) is 0 Å². The molecule has 2 heterocycles. The molecule has 5 nitrogen and oxygen atoms in total. The van der Waals surface area contributed by atoms with Crippen LogP contribution < -0.4 is 0 Å². The lowest BCUT2D eigenvalue weighted by Gasteiger charge is -2.19. The average molecular weight is 281 g/mol. The van der Waals surface area contributed by atoms with Crippen molar-refractivity contribution >= 4 is 29.3 Å². The van der Waals surface area contributed by atoms with Crippen LogP contribution in [0.4, 0.5) is 0 Å². The predicted molar refractivity (Wildman–Crippen MR) is 71.9 cm³/mol. The standard InChI is InChI=1S/C13H15NO4S/c1-18-9-7-11(13(16)17)14(8-9)12(15)5-4-10-3-2-6-19-10/h2-6,9,11H,7-8H2,1H3,(H,16,17)/b5-4+. The summed E-state index contributed by atoms with van der Waals surface area (Å²) >= 11 is 1.52. The molecule has 1 N–H and O–H groups in total. The fraction of sp³-hybridized carbons (Fsp3) is 0.385. The maximum Gasteiger partial charge on any atom is 0.326 e. The molecule has 1 saturated heterocycles. The van der Waals surface area contributed by atoms with Gasteiger partial charge in [-0.3, -0.25) is 4.79 Å². The highest BCUT2D eigenvalue weighted by molar-refractivity contribution is 7.10. The van der Waals surface area contributed by atoms with Gasteiger partial charge in [0.2, 0.25) is 5.91 Å². The number of nitrogens with zero attached hydrogens (tertiary/aromatic N) is 1. The largest absolute Gasteiger partial charge is 0.480 e. The van der Waals surface area contributed by atoms with Crippen molar-refractivity contribution in [2.75, 3.05) is 13.7 Å². The van der Waals surface area contributed by atoms with E-state index < -0.39 is 12.0 Å². The Kier molecular flexibility index (Phi) is 4.34. The SMILES string of the molecule is COC1CC(C(=O)O)N(C(=O)/C=C/c2cccs2)C1. The third-order valence-electron chi connectivity index (χ3n) is 3.10. The summed E-state index contributed by atoms with van der Waals surface area (Å²) in [6.07, 6.45) is 3.25. The zero-order valence-electron chi connectivity index (χ0n) is 10.5. The van der Waals surface area contributed by atoms with Crippen molar-refractivity contribution in [2.45, 2.75) is 18.6 Å². The molecule has 1 aliphatic heterocycles. The third kappa shape index (κ3) is 3.21. The molecule has 19 heavy (non-hydrogen) atoms. The first kappa shape index (κ1) is 13.8. The molecule has 0 aromatic carbocycles. The van der Waals surface area contributed by atoms with Gasteiger partial charge in [0, 0.05) is 31.0 Å². The Bertz CT molecular complexity index is 483. The van der Waals surface area contributed by atoms with Crippen molar-refractivity contribution < 1.29 is 19.4 Å². The molecule has 2 atom stereocenters. The Labute approximate surface area is 115 Å². The second-order valence-corrected chi connectivity index (χ2v) is 5.27. The van der Waals surface area contributed by atoms with Crippen molar-refractivity contribution in [2.24, 2.45) is 0 Å². The van der Waals surface area contributed by atoms with Gasteiger partial charge in [-0.1, -0.05) is 6.07 Å². The highest BCUT2D eigenvalue weighted by atomic mass is 32.1. The number of carbonyl (C=O) groups excluding carboxylic acids is 1. The smallest absolute Gasteiger partial charge is 0.326 e. The molecular weight excluding hydrogens is 266 g/mol. The van der Waals surface area contributed by atoms with Crippen LogP contribution in [-0.2, 0) is 14.3 Å². The lowest BCUT2D eigenvalue weighted by Crippen LogP contribution is -2.39. The van der Waals surface area contributed by atoms with Gasteiger partial charge in [0.15, 0.2) is 0 Å². The number of rotatable bonds is 4. The number of hydrogen-bond donors (Lipinski definition) is 1. The van der Waals surface area contributed by atoms with Crippen LogP contribution in [0, 0.1) is 0 Å². The Morgan fingerprint density at radius 3 is 2.95 bits per heavy atom. The fourth-order valence-electron chi connectivity index (χ4n) is 2.08. The first-order valence-electron chi connectivity index (χ1n) is 5.89. The number of methoxy groups -OCH3 is 1. The number of likely N-dealkylation sites (tertiary alicyclic amines) is 1. The third-order valence-corrected chi connectivity index (χ3v) is 3.94. The van der Waals surface area contributed by atoms with Gasteiger partial charge in [0.1, 0.15) is 6.04 Å². The number of amides is 1. The van der Waals surface area contributed by atoms with Crippen LogP contribution in [0.5, 0.6) is 0 Å². The van der Waals surface area contributed by atoms with E-state index in [2.05, 4.69) is 0 Å². The minimum atomic E-state index is -0.988. The molecule has 1 fully saturated rings. The van der Waals surface area contributed by atoms with Crippen molar-refractivity contribution in [3.05, 3.63) is 28.5 Å². The fourth-order valence-corrected chi connectivity index (χ4v) is 2.70. The van der Waals surface area contributed by atoms with Crippen LogP contribution in [0.1, 0.15) is 11.3 Å². The summed E-state index contributed by atoms with van der Waals surface area (Å²) in [5, 5.41) is 11.0. The Morgan fingerprint density at radius 1 is 1.58 bits per heavy atom. The summed E-state index contributed by atoms with van der Waals surface area (Å²) in [4.78, 5) is 25.5. The van der Waals surface area contributed by atoms with E-state index in [0.29, 0.717) is 13.0 Å². The van der Waals surface area contributed by atoms with E-state index in [0.717, 1.165) is 4.88 Å². The van der Waals surface area contributed by atoms with Gasteiger partial charge in [0.25, 0.3) is 0 Å². The molecule has 6 heteroatoms. The lowest BCUT2D eigenvalue weighted by atomic mass is 10.2. The van der Waals surface area contributed by atoms with E-state index in [-0.39, 0.29) is 12.0 Å². The summed E-state index contributed by atoms with van der Waals surface area (Å²) in [6, 6.07) is 2.99. The highest BCUT2D eigenvalue weighted by Gasteiger charge is 2.38. The monoisotopic (exact) mass is 281 g/mol. The molecule has 1 amide bonds. The number of thiophene rings is 1. The van der Waals surface area contributed by atoms with Crippen LogP contribution in [-0.4, -0.2) is 47.7 Å². The first-order chi connectivity index (χ1) is 9.11. The minimum Gasteiger partial charge on any atom is -0.480 e. The maximum absolute atomic E-state index is 12.0. The Balaban J connectivity index is 2.06. The van der Waals surface area contributed by atoms with Crippen LogP contribution in [0.15, 0.2) is 23.6 Å². The zero-order valence-corrected chi connectivity index (χ0v) is 11.3. The molecule has 0 spiro atoms. The van der Waals surface area contributed by atoms with Gasteiger partial charge in [-0.15, -0.1) is 11.3 Å². The number of carboxylic acids is 1. The quantitative estimate of drug-likeness (QED) is 0.849. The van der Waals surface area contributed by atoms with E-state index in [1.54, 1.807) is 6.08 Å². The van der Waals surface area contributed by atoms with E-state index in [4.69, 9.17) is 9.84 Å². The van der Waals surface area contributed by atoms with Gasteiger partial charge in [0.05, 0.1) is 6.10 Å². The molecule has 1 aliphatic rings. The first-order valence-corrected chi connectivity index (χ1v) is 6.77. The average Bonchev–Trinajstić information content (AvgIpc) is 3.04. The van der Waals surface area contributed by atoms with Crippen molar-refractivity contribution in [3.63, 3.8) is 0 Å². The van der Waals surface area contributed by atoms with Crippen LogP contribution in [0.2, 0.25) is 0 Å². The normalized spacial score (nSPS) is 23.1. The summed E-state index contributed by atoms with van der Waals surface area (Å²) in [6.45, 7) is 0.321. The molecule has 0 radical (unpaired) electrons. The van der Waals surface area contributed by atoms with Crippen molar-refractivity contribution in [1.82, 2.24) is 4.90 Å². The molecule has 102 valence electrons. The molecule has 0 saturated carbocycles. The van der Waals surface area contributed by atoms with Gasteiger partial charge < -0.3 is 14.7 Å². The predicted octanol–water partition coefficient (Wildman–Crippen LogP) is 1.46. The van der Waals surface area contributed by atoms with Crippen LogP contribution >= 0.6 is 11.3 Å². The van der Waals surface area contributed by atoms with E-state index in [1.807, 2.05) is 17.5 Å². The molecule has 1 aromatic heterocycles. The second kappa shape index (κ2) is 5.99. The number of carboxylic acid groups (broad SMARTS) is 1. The van der Waals surface area contributed by atoms with Crippen molar-refractivity contribution in [3.8, 4) is 0 Å². The van der Waals surface area contributed by atoms with E-state index in [9.17, 15) is 9.59 Å².